The van der Waals surface area contributed by atoms with Crippen LogP contribution in [-0.2, 0) is 48.8 Å². The number of carbonyl (C=O) groups excluding carboxylic acids is 1. The summed E-state index contributed by atoms with van der Waals surface area (Å²) < 4.78 is 92.8. The first-order chi connectivity index (χ1) is 22.5. The molecule has 47 heavy (non-hydrogen) atoms. The number of alkyl halides is 3. The molecule has 13 heteroatoms. The number of nitrogens with zero attached hydrogens (tertiary/aromatic N) is 1. The topological polar surface area (TPSA) is 101 Å². The van der Waals surface area contributed by atoms with E-state index < -0.39 is 38.9 Å². The zero-order valence-corrected chi connectivity index (χ0v) is 26.4. The van der Waals surface area contributed by atoms with Crippen molar-refractivity contribution in [1.82, 2.24) is 4.90 Å². The highest BCUT2D eigenvalue weighted by Gasteiger charge is 2.57. The standard InChI is InChI=1S/C34H32F3NO8S/c1-42-26-14-13-24-19-25-29-30(43-2)27(46-47(40,41)34(35,36)37)15-16-33(29,28(24)31(26)44-20-22-9-5-3-6-10-22)17-18-38(25)32(39)45-21-23-11-7-4-8-12-23/h3-15,25H,16-21H2,1-2H3/t25-,33+/m1/s1. The van der Waals surface area contributed by atoms with Gasteiger partial charge in [-0.05, 0) is 48.1 Å². The number of hydrogen-bond acceptors (Lipinski definition) is 8. The quantitative estimate of drug-likeness (QED) is 0.187. The fourth-order valence-corrected chi connectivity index (χ4v) is 7.21. The third-order valence-electron chi connectivity index (χ3n) is 8.78. The summed E-state index contributed by atoms with van der Waals surface area (Å²) in [5, 5.41) is 0. The first-order valence-electron chi connectivity index (χ1n) is 14.8. The summed E-state index contributed by atoms with van der Waals surface area (Å²) in [5.74, 6) is 0.0948. The van der Waals surface area contributed by atoms with E-state index in [9.17, 15) is 26.4 Å². The van der Waals surface area contributed by atoms with Crippen LogP contribution in [0.2, 0.25) is 0 Å². The maximum atomic E-state index is 13.6. The second-order valence-corrected chi connectivity index (χ2v) is 12.9. The van der Waals surface area contributed by atoms with Crippen molar-refractivity contribution >= 4 is 16.2 Å². The molecular formula is C34H32F3NO8S. The molecule has 2 bridgehead atoms. The number of hydrogen-bond donors (Lipinski definition) is 0. The average molecular weight is 672 g/mol. The average Bonchev–Trinajstić information content (AvgIpc) is 3.06. The lowest BCUT2D eigenvalue weighted by atomic mass is 9.57. The number of piperidine rings is 1. The van der Waals surface area contributed by atoms with Crippen LogP contribution in [0.15, 0.2) is 96.0 Å². The van der Waals surface area contributed by atoms with Crippen molar-refractivity contribution in [2.45, 2.75) is 49.4 Å². The predicted molar refractivity (Wildman–Crippen MR) is 164 cm³/mol. The minimum atomic E-state index is -6.02. The molecule has 248 valence electrons. The molecule has 1 fully saturated rings. The van der Waals surface area contributed by atoms with E-state index in [2.05, 4.69) is 4.18 Å². The zero-order chi connectivity index (χ0) is 33.4. The Labute approximate surface area is 270 Å². The van der Waals surface area contributed by atoms with Crippen LogP contribution < -0.4 is 9.47 Å². The minimum absolute atomic E-state index is 0.00751. The number of fused-ring (bicyclic) bond motifs is 1. The Morgan fingerprint density at radius 3 is 2.21 bits per heavy atom. The van der Waals surface area contributed by atoms with Crippen LogP contribution in [0.4, 0.5) is 18.0 Å². The van der Waals surface area contributed by atoms with Crippen molar-refractivity contribution in [3.63, 3.8) is 0 Å². The van der Waals surface area contributed by atoms with Crippen molar-refractivity contribution in [3.8, 4) is 11.5 Å². The lowest BCUT2D eigenvalue weighted by molar-refractivity contribution is -0.0524. The number of allylic oxidation sites excluding steroid dienone is 1. The summed E-state index contributed by atoms with van der Waals surface area (Å²) in [6.07, 6.45) is 1.21. The molecule has 9 nitrogen and oxygen atoms in total. The van der Waals surface area contributed by atoms with Crippen LogP contribution in [0, 0.1) is 0 Å². The summed E-state index contributed by atoms with van der Waals surface area (Å²) in [6, 6.07) is 21.5. The van der Waals surface area contributed by atoms with Gasteiger partial charge in [-0.15, -0.1) is 0 Å². The van der Waals surface area contributed by atoms with Crippen molar-refractivity contribution in [2.24, 2.45) is 0 Å². The lowest BCUT2D eigenvalue weighted by Gasteiger charge is -2.54. The molecule has 1 amide bonds. The van der Waals surface area contributed by atoms with E-state index in [1.165, 1.54) is 25.2 Å². The fourth-order valence-electron chi connectivity index (χ4n) is 6.73. The summed E-state index contributed by atoms with van der Waals surface area (Å²) in [7, 11) is -3.29. The highest BCUT2D eigenvalue weighted by molar-refractivity contribution is 7.87. The smallest absolute Gasteiger partial charge is 0.493 e. The molecule has 1 aliphatic heterocycles. The van der Waals surface area contributed by atoms with E-state index in [0.717, 1.165) is 22.3 Å². The molecule has 0 saturated carbocycles. The number of amides is 1. The number of halogens is 3. The van der Waals surface area contributed by atoms with Gasteiger partial charge in [0.05, 0.1) is 20.3 Å². The number of methoxy groups -OCH3 is 2. The molecule has 3 aliphatic rings. The van der Waals surface area contributed by atoms with Crippen LogP contribution in [0.1, 0.15) is 35.1 Å². The zero-order valence-electron chi connectivity index (χ0n) is 25.6. The van der Waals surface area contributed by atoms with Crippen LogP contribution >= 0.6 is 0 Å². The number of rotatable bonds is 9. The van der Waals surface area contributed by atoms with Gasteiger partial charge in [0.2, 0.25) is 0 Å². The maximum Gasteiger partial charge on any atom is 0.534 e. The number of ether oxygens (including phenoxy) is 4. The molecule has 3 aromatic rings. The van der Waals surface area contributed by atoms with E-state index in [0.29, 0.717) is 23.5 Å². The van der Waals surface area contributed by atoms with E-state index in [4.69, 9.17) is 18.9 Å². The molecule has 0 unspecified atom stereocenters. The normalized spacial score (nSPS) is 20.4. The van der Waals surface area contributed by atoms with Crippen molar-refractivity contribution in [1.29, 1.82) is 0 Å². The summed E-state index contributed by atoms with van der Waals surface area (Å²) >= 11 is 0. The Balaban J connectivity index is 1.47. The number of benzene rings is 3. The molecule has 1 saturated heterocycles. The van der Waals surface area contributed by atoms with Gasteiger partial charge in [0.25, 0.3) is 0 Å². The largest absolute Gasteiger partial charge is 0.534 e. The SMILES string of the molecule is COC1=C2[C@H]3Cc4ccc(OC)c(OCc5ccccc5)c4[C@]2(CC=C1OS(=O)(=O)C(F)(F)F)CCN3C(=O)OCc1ccccc1. The van der Waals surface area contributed by atoms with Gasteiger partial charge in [0.15, 0.2) is 23.0 Å². The Bertz CT molecular complexity index is 1830. The molecule has 2 atom stereocenters. The van der Waals surface area contributed by atoms with Gasteiger partial charge < -0.3 is 28.0 Å². The van der Waals surface area contributed by atoms with Gasteiger partial charge in [0, 0.05) is 23.1 Å². The van der Waals surface area contributed by atoms with E-state index in [1.807, 2.05) is 66.7 Å². The molecule has 6 rings (SSSR count). The molecule has 3 aromatic carbocycles. The van der Waals surface area contributed by atoms with E-state index in [-0.39, 0.29) is 38.4 Å². The fraction of sp³-hybridized carbons (Fsp3) is 0.324. The minimum Gasteiger partial charge on any atom is -0.493 e. The lowest BCUT2D eigenvalue weighted by Crippen LogP contribution is -2.58. The molecule has 0 radical (unpaired) electrons. The van der Waals surface area contributed by atoms with Crippen LogP contribution in [0.5, 0.6) is 11.5 Å². The number of likely N-dealkylation sites (tertiary alicyclic amines) is 1. The molecule has 0 spiro atoms. The molecule has 2 aliphatic carbocycles. The van der Waals surface area contributed by atoms with Gasteiger partial charge in [-0.2, -0.15) is 21.6 Å². The molecule has 0 aromatic heterocycles. The van der Waals surface area contributed by atoms with Crippen molar-refractivity contribution < 1.29 is 49.5 Å². The molecular weight excluding hydrogens is 639 g/mol. The second kappa shape index (κ2) is 12.5. The Morgan fingerprint density at radius 1 is 0.936 bits per heavy atom. The van der Waals surface area contributed by atoms with Gasteiger partial charge in [0.1, 0.15) is 13.2 Å². The Hall–Kier alpha value is -4.65. The predicted octanol–water partition coefficient (Wildman–Crippen LogP) is 6.53. The van der Waals surface area contributed by atoms with Gasteiger partial charge in [-0.3, -0.25) is 0 Å². The van der Waals surface area contributed by atoms with Gasteiger partial charge in [-0.1, -0.05) is 66.7 Å². The maximum absolute atomic E-state index is 13.6. The van der Waals surface area contributed by atoms with Crippen molar-refractivity contribution in [2.75, 3.05) is 20.8 Å². The van der Waals surface area contributed by atoms with E-state index in [1.54, 1.807) is 6.07 Å². The van der Waals surface area contributed by atoms with Crippen LogP contribution in [0.3, 0.4) is 0 Å². The Kier molecular flexibility index (Phi) is 8.60. The van der Waals surface area contributed by atoms with Crippen LogP contribution in [0.25, 0.3) is 0 Å². The van der Waals surface area contributed by atoms with Gasteiger partial charge in [-0.25, -0.2) is 4.79 Å². The van der Waals surface area contributed by atoms with E-state index >= 15 is 0 Å². The highest BCUT2D eigenvalue weighted by atomic mass is 32.2. The molecule has 0 N–H and O–H groups in total. The third kappa shape index (κ3) is 5.88. The molecule has 1 heterocycles. The Morgan fingerprint density at radius 2 is 1.60 bits per heavy atom. The van der Waals surface area contributed by atoms with Crippen molar-refractivity contribution in [3.05, 3.63) is 118 Å². The van der Waals surface area contributed by atoms with Gasteiger partial charge >= 0.3 is 21.7 Å². The number of carbonyl (C=O) groups is 1. The first-order valence-corrected chi connectivity index (χ1v) is 16.2. The third-order valence-corrected chi connectivity index (χ3v) is 9.75. The van der Waals surface area contributed by atoms with Crippen LogP contribution in [-0.4, -0.2) is 51.7 Å². The summed E-state index contributed by atoms with van der Waals surface area (Å²) in [5.41, 5.74) is -2.98. The monoisotopic (exact) mass is 671 g/mol. The summed E-state index contributed by atoms with van der Waals surface area (Å²) in [6.45, 7) is 0.446. The summed E-state index contributed by atoms with van der Waals surface area (Å²) in [4.78, 5) is 15.1. The highest BCUT2D eigenvalue weighted by Crippen LogP contribution is 2.59. The first kappa shape index (κ1) is 32.3. The second-order valence-electron chi connectivity index (χ2n) is 11.4.